The van der Waals surface area contributed by atoms with Gasteiger partial charge in [-0.3, -0.25) is 0 Å². The summed E-state index contributed by atoms with van der Waals surface area (Å²) in [5, 5.41) is 0. The van der Waals surface area contributed by atoms with E-state index in [2.05, 4.69) is 6.58 Å². The molecule has 0 aromatic heterocycles. The highest BCUT2D eigenvalue weighted by molar-refractivity contribution is 5.22. The summed E-state index contributed by atoms with van der Waals surface area (Å²) in [5.41, 5.74) is 0. The number of ether oxygens (including phenoxy) is 5. The predicted octanol–water partition coefficient (Wildman–Crippen LogP) is 4.18. The van der Waals surface area contributed by atoms with Crippen LogP contribution in [-0.4, -0.2) is 45.6 Å². The molecule has 1 aromatic carbocycles. The maximum Gasteiger partial charge on any atom is 0.162 e. The van der Waals surface area contributed by atoms with Gasteiger partial charge in [0.2, 0.25) is 0 Å². The molecule has 150 valence electrons. The summed E-state index contributed by atoms with van der Waals surface area (Å²) in [6, 6.07) is 9.94. The van der Waals surface area contributed by atoms with Gasteiger partial charge in [0.15, 0.2) is 12.6 Å². The Morgan fingerprint density at radius 3 is 2.56 bits per heavy atom. The minimum atomic E-state index is -0.354. The molecule has 0 amide bonds. The zero-order chi connectivity index (χ0) is 19.1. The Morgan fingerprint density at radius 1 is 1.15 bits per heavy atom. The van der Waals surface area contributed by atoms with Crippen molar-refractivity contribution in [2.24, 2.45) is 11.8 Å². The molecule has 1 heterocycles. The first-order chi connectivity index (χ1) is 13.3. The van der Waals surface area contributed by atoms with Crippen molar-refractivity contribution in [2.75, 3.05) is 20.8 Å². The van der Waals surface area contributed by atoms with E-state index in [1.54, 1.807) is 14.2 Å². The van der Waals surface area contributed by atoms with Crippen LogP contribution in [0, 0.1) is 11.8 Å². The molecule has 1 aliphatic heterocycles. The average molecular weight is 376 g/mol. The van der Waals surface area contributed by atoms with Gasteiger partial charge >= 0.3 is 0 Å². The van der Waals surface area contributed by atoms with Crippen molar-refractivity contribution in [2.45, 2.75) is 56.9 Å². The van der Waals surface area contributed by atoms with E-state index in [1.165, 1.54) is 0 Å². The number of para-hydroxylation sites is 1. The lowest BCUT2D eigenvalue weighted by Crippen LogP contribution is -2.39. The fourth-order valence-electron chi connectivity index (χ4n) is 4.34. The van der Waals surface area contributed by atoms with Gasteiger partial charge in [0.1, 0.15) is 11.9 Å². The molecule has 5 unspecified atom stereocenters. The van der Waals surface area contributed by atoms with Crippen molar-refractivity contribution in [3.05, 3.63) is 43.0 Å². The molecule has 2 aliphatic rings. The van der Waals surface area contributed by atoms with Gasteiger partial charge in [0, 0.05) is 39.1 Å². The van der Waals surface area contributed by atoms with Gasteiger partial charge in [-0.2, -0.15) is 0 Å². The Kier molecular flexibility index (Phi) is 7.70. The molecule has 0 bridgehead atoms. The Balaban J connectivity index is 1.79. The number of allylic oxidation sites excluding steroid dienone is 1. The summed E-state index contributed by atoms with van der Waals surface area (Å²) in [6.07, 6.45) is 6.18. The van der Waals surface area contributed by atoms with Crippen molar-refractivity contribution in [1.82, 2.24) is 0 Å². The van der Waals surface area contributed by atoms with E-state index in [-0.39, 0.29) is 36.6 Å². The van der Waals surface area contributed by atoms with Crippen LogP contribution < -0.4 is 4.74 Å². The summed E-state index contributed by atoms with van der Waals surface area (Å²) in [7, 11) is 3.36. The SMILES string of the molecule is C=CCC1C(Oc2ccccc2)CC(OC2CCCCO2)C1C(OC)OC. The van der Waals surface area contributed by atoms with Crippen LogP contribution in [0.2, 0.25) is 0 Å². The molecule has 5 heteroatoms. The quantitative estimate of drug-likeness (QED) is 0.478. The smallest absolute Gasteiger partial charge is 0.162 e. The molecule has 1 aromatic rings. The van der Waals surface area contributed by atoms with E-state index in [0.717, 1.165) is 44.5 Å². The molecule has 3 rings (SSSR count). The standard InChI is InChI=1S/C22H32O5/c1-4-10-17-18(26-16-11-6-5-7-12-16)15-19(21(17)22(23-2)24-3)27-20-13-8-9-14-25-20/h4-7,11-12,17-22H,1,8-10,13-15H2,2-3H3. The van der Waals surface area contributed by atoms with E-state index in [1.807, 2.05) is 36.4 Å². The number of rotatable bonds is 9. The van der Waals surface area contributed by atoms with E-state index in [0.29, 0.717) is 0 Å². The van der Waals surface area contributed by atoms with Crippen LogP contribution in [0.4, 0.5) is 0 Å². The highest BCUT2D eigenvalue weighted by Gasteiger charge is 2.49. The Bertz CT molecular complexity index is 553. The minimum absolute atomic E-state index is 0.0109. The van der Waals surface area contributed by atoms with E-state index >= 15 is 0 Å². The van der Waals surface area contributed by atoms with Gasteiger partial charge in [-0.25, -0.2) is 0 Å². The number of benzene rings is 1. The molecular weight excluding hydrogens is 344 g/mol. The topological polar surface area (TPSA) is 46.2 Å². The van der Waals surface area contributed by atoms with Crippen LogP contribution in [0.5, 0.6) is 5.75 Å². The summed E-state index contributed by atoms with van der Waals surface area (Å²) < 4.78 is 29.9. The first-order valence-corrected chi connectivity index (χ1v) is 9.92. The maximum atomic E-state index is 6.40. The van der Waals surface area contributed by atoms with Gasteiger partial charge in [-0.05, 0) is 37.8 Å². The third kappa shape index (κ3) is 5.11. The van der Waals surface area contributed by atoms with Gasteiger partial charge in [-0.15, -0.1) is 6.58 Å². The molecule has 0 spiro atoms. The lowest BCUT2D eigenvalue weighted by Gasteiger charge is -2.33. The van der Waals surface area contributed by atoms with Gasteiger partial charge in [0.25, 0.3) is 0 Å². The fraction of sp³-hybridized carbons (Fsp3) is 0.636. The molecule has 1 saturated carbocycles. The molecular formula is C22H32O5. The fourth-order valence-corrected chi connectivity index (χ4v) is 4.34. The van der Waals surface area contributed by atoms with Crippen molar-refractivity contribution >= 4 is 0 Å². The van der Waals surface area contributed by atoms with E-state index in [9.17, 15) is 0 Å². The van der Waals surface area contributed by atoms with E-state index < -0.39 is 0 Å². The lowest BCUT2D eigenvalue weighted by molar-refractivity contribution is -0.227. The largest absolute Gasteiger partial charge is 0.490 e. The zero-order valence-corrected chi connectivity index (χ0v) is 16.4. The minimum Gasteiger partial charge on any atom is -0.490 e. The molecule has 5 nitrogen and oxygen atoms in total. The highest BCUT2D eigenvalue weighted by atomic mass is 16.7. The predicted molar refractivity (Wildman–Crippen MR) is 104 cm³/mol. The van der Waals surface area contributed by atoms with E-state index in [4.69, 9.17) is 23.7 Å². The van der Waals surface area contributed by atoms with Crippen LogP contribution in [0.25, 0.3) is 0 Å². The third-order valence-corrected chi connectivity index (χ3v) is 5.58. The Labute approximate surface area is 162 Å². The normalized spacial score (nSPS) is 31.1. The first-order valence-electron chi connectivity index (χ1n) is 9.92. The first kappa shape index (κ1) is 20.3. The van der Waals surface area contributed by atoms with Crippen molar-refractivity contribution in [1.29, 1.82) is 0 Å². The average Bonchev–Trinajstić information content (AvgIpc) is 3.02. The van der Waals surface area contributed by atoms with Crippen molar-refractivity contribution in [3.8, 4) is 5.75 Å². The number of hydrogen-bond donors (Lipinski definition) is 0. The van der Waals surface area contributed by atoms with Crippen molar-refractivity contribution in [3.63, 3.8) is 0 Å². The monoisotopic (exact) mass is 376 g/mol. The number of methoxy groups -OCH3 is 2. The zero-order valence-electron chi connectivity index (χ0n) is 16.4. The second-order valence-corrected chi connectivity index (χ2v) is 7.28. The molecule has 27 heavy (non-hydrogen) atoms. The number of hydrogen-bond acceptors (Lipinski definition) is 5. The summed E-state index contributed by atoms with van der Waals surface area (Å²) >= 11 is 0. The van der Waals surface area contributed by atoms with Gasteiger partial charge in [0.05, 0.1) is 6.10 Å². The van der Waals surface area contributed by atoms with Crippen LogP contribution in [0.3, 0.4) is 0 Å². The van der Waals surface area contributed by atoms with Crippen LogP contribution in [-0.2, 0) is 18.9 Å². The van der Waals surface area contributed by atoms with Gasteiger partial charge in [-0.1, -0.05) is 24.3 Å². The molecule has 0 N–H and O–H groups in total. The Hall–Kier alpha value is -1.40. The van der Waals surface area contributed by atoms with Crippen LogP contribution >= 0.6 is 0 Å². The maximum absolute atomic E-state index is 6.40. The lowest BCUT2D eigenvalue weighted by atomic mass is 9.89. The second-order valence-electron chi connectivity index (χ2n) is 7.28. The van der Waals surface area contributed by atoms with Crippen molar-refractivity contribution < 1.29 is 23.7 Å². The molecule has 0 radical (unpaired) electrons. The highest BCUT2D eigenvalue weighted by Crippen LogP contribution is 2.43. The molecule has 1 aliphatic carbocycles. The Morgan fingerprint density at radius 2 is 1.93 bits per heavy atom. The van der Waals surface area contributed by atoms with Crippen LogP contribution in [0.15, 0.2) is 43.0 Å². The second kappa shape index (κ2) is 10.2. The summed E-state index contributed by atoms with van der Waals surface area (Å²) in [5.74, 6) is 1.12. The molecule has 2 fully saturated rings. The van der Waals surface area contributed by atoms with Gasteiger partial charge < -0.3 is 23.7 Å². The molecule has 5 atom stereocenters. The third-order valence-electron chi connectivity index (χ3n) is 5.58. The summed E-state index contributed by atoms with van der Waals surface area (Å²) in [6.45, 7) is 4.71. The van der Waals surface area contributed by atoms with Crippen LogP contribution in [0.1, 0.15) is 32.1 Å². The molecule has 1 saturated heterocycles. The summed E-state index contributed by atoms with van der Waals surface area (Å²) in [4.78, 5) is 0.